The molecule has 94 valence electrons. The minimum atomic E-state index is -1.24. The minimum Gasteiger partial charge on any atom is -0.479 e. The number of nitrogens with zero attached hydrogens (tertiary/aromatic N) is 1. The molecule has 1 N–H and O–H groups in total. The zero-order valence-electron chi connectivity index (χ0n) is 9.42. The topological polar surface area (TPSA) is 76.1 Å². The van der Waals surface area contributed by atoms with Gasteiger partial charge in [-0.3, -0.25) is 0 Å². The fourth-order valence-corrected chi connectivity index (χ4v) is 2.36. The Kier molecular flexibility index (Phi) is 3.06. The molecule has 2 saturated heterocycles. The lowest BCUT2D eigenvalue weighted by Crippen LogP contribution is -2.45. The number of carbonyl (C=O) groups is 2. The molecule has 0 saturated carbocycles. The summed E-state index contributed by atoms with van der Waals surface area (Å²) in [6.45, 7) is 4.00. The molecule has 1 amide bonds. The molecule has 2 aliphatic rings. The van der Waals surface area contributed by atoms with E-state index >= 15 is 0 Å². The molecule has 2 bridgehead atoms. The number of amides is 1. The van der Waals surface area contributed by atoms with Gasteiger partial charge >= 0.3 is 12.1 Å². The van der Waals surface area contributed by atoms with Crippen LogP contribution in [0.15, 0.2) is 12.7 Å². The molecule has 0 aromatic rings. The number of aliphatic carboxylic acids is 1. The first kappa shape index (κ1) is 11.9. The summed E-state index contributed by atoms with van der Waals surface area (Å²) in [5.74, 6) is -1.01. The number of rotatable bonds is 3. The Labute approximate surface area is 98.8 Å². The third-order valence-corrected chi connectivity index (χ3v) is 3.21. The molecule has 2 unspecified atom stereocenters. The van der Waals surface area contributed by atoms with Crippen molar-refractivity contribution in [2.24, 2.45) is 0 Å². The maximum Gasteiger partial charge on any atom is 0.410 e. The molecular formula is C11H15NO5. The molecule has 0 aromatic carbocycles. The van der Waals surface area contributed by atoms with Crippen LogP contribution in [0, 0.1) is 0 Å². The van der Waals surface area contributed by atoms with Crippen molar-refractivity contribution in [2.75, 3.05) is 19.8 Å². The zero-order valence-corrected chi connectivity index (χ0v) is 9.42. The Hall–Kier alpha value is -1.56. The average molecular weight is 241 g/mol. The van der Waals surface area contributed by atoms with E-state index in [1.807, 2.05) is 0 Å². The van der Waals surface area contributed by atoms with E-state index in [0.717, 1.165) is 0 Å². The lowest BCUT2D eigenvalue weighted by atomic mass is 9.96. The standard InChI is InChI=1S/C11H15NO5/c1-2-4-16-10(15)12-7-11(9(13)14)6-8(12)3-5-17-11/h2,8H,1,3-7H2,(H,13,14). The van der Waals surface area contributed by atoms with E-state index in [4.69, 9.17) is 9.47 Å². The van der Waals surface area contributed by atoms with Crippen molar-refractivity contribution in [2.45, 2.75) is 24.5 Å². The van der Waals surface area contributed by atoms with Crippen LogP contribution in [0.2, 0.25) is 0 Å². The van der Waals surface area contributed by atoms with Crippen molar-refractivity contribution in [1.29, 1.82) is 0 Å². The van der Waals surface area contributed by atoms with Crippen molar-refractivity contribution < 1.29 is 24.2 Å². The molecule has 2 atom stereocenters. The van der Waals surface area contributed by atoms with E-state index in [2.05, 4.69) is 6.58 Å². The molecule has 0 radical (unpaired) electrons. The Bertz CT molecular complexity index is 356. The van der Waals surface area contributed by atoms with Gasteiger partial charge in [0.1, 0.15) is 6.61 Å². The predicted octanol–water partition coefficient (Wildman–Crippen LogP) is 0.627. The van der Waals surface area contributed by atoms with Gasteiger partial charge in [0.2, 0.25) is 0 Å². The molecule has 0 aromatic heterocycles. The summed E-state index contributed by atoms with van der Waals surface area (Å²) in [5.41, 5.74) is -1.24. The van der Waals surface area contributed by atoms with Crippen molar-refractivity contribution >= 4 is 12.1 Å². The Morgan fingerprint density at radius 2 is 2.41 bits per heavy atom. The molecule has 6 nitrogen and oxygen atoms in total. The van der Waals surface area contributed by atoms with Gasteiger partial charge in [-0.25, -0.2) is 9.59 Å². The average Bonchev–Trinajstić information content (AvgIpc) is 2.59. The van der Waals surface area contributed by atoms with Gasteiger partial charge in [0, 0.05) is 12.5 Å². The van der Waals surface area contributed by atoms with E-state index in [1.165, 1.54) is 11.0 Å². The molecule has 6 heteroatoms. The smallest absolute Gasteiger partial charge is 0.410 e. The van der Waals surface area contributed by atoms with Gasteiger partial charge in [-0.1, -0.05) is 12.7 Å². The van der Waals surface area contributed by atoms with Crippen LogP contribution in [0.1, 0.15) is 12.8 Å². The van der Waals surface area contributed by atoms with Crippen molar-refractivity contribution in [3.05, 3.63) is 12.7 Å². The van der Waals surface area contributed by atoms with Crippen molar-refractivity contribution in [3.63, 3.8) is 0 Å². The summed E-state index contributed by atoms with van der Waals surface area (Å²) >= 11 is 0. The van der Waals surface area contributed by atoms with Crippen molar-refractivity contribution in [3.8, 4) is 0 Å². The van der Waals surface area contributed by atoms with E-state index in [-0.39, 0.29) is 19.2 Å². The normalized spacial score (nSPS) is 31.1. The van der Waals surface area contributed by atoms with Crippen LogP contribution in [0.4, 0.5) is 4.79 Å². The van der Waals surface area contributed by atoms with E-state index in [9.17, 15) is 14.7 Å². The third kappa shape index (κ3) is 2.00. The summed E-state index contributed by atoms with van der Waals surface area (Å²) in [5, 5.41) is 9.17. The lowest BCUT2D eigenvalue weighted by Gasteiger charge is -2.27. The number of carbonyl (C=O) groups excluding carboxylic acids is 1. The van der Waals surface area contributed by atoms with E-state index in [1.54, 1.807) is 0 Å². The van der Waals surface area contributed by atoms with Gasteiger partial charge in [0.05, 0.1) is 13.2 Å². The molecule has 2 rings (SSSR count). The SMILES string of the molecule is C=CCOC(=O)N1CC2(C(=O)O)CC1CCO2. The summed E-state index contributed by atoms with van der Waals surface area (Å²) in [6, 6.07) is -0.0998. The first-order valence-corrected chi connectivity index (χ1v) is 5.51. The molecule has 2 fully saturated rings. The van der Waals surface area contributed by atoms with Crippen LogP contribution in [0.25, 0.3) is 0 Å². The third-order valence-electron chi connectivity index (χ3n) is 3.21. The summed E-state index contributed by atoms with van der Waals surface area (Å²) in [6.07, 6.45) is 1.97. The fraction of sp³-hybridized carbons (Fsp3) is 0.636. The summed E-state index contributed by atoms with van der Waals surface area (Å²) in [7, 11) is 0. The number of fused-ring (bicyclic) bond motifs is 2. The second kappa shape index (κ2) is 4.37. The van der Waals surface area contributed by atoms with E-state index in [0.29, 0.717) is 19.4 Å². The van der Waals surface area contributed by atoms with Gasteiger partial charge in [-0.2, -0.15) is 0 Å². The second-order valence-electron chi connectivity index (χ2n) is 4.29. The number of carboxylic acids is 1. The summed E-state index contributed by atoms with van der Waals surface area (Å²) in [4.78, 5) is 24.4. The van der Waals surface area contributed by atoms with Gasteiger partial charge in [-0.05, 0) is 6.42 Å². The minimum absolute atomic E-state index is 0.0585. The highest BCUT2D eigenvalue weighted by Crippen LogP contribution is 2.37. The van der Waals surface area contributed by atoms with Crippen LogP contribution in [0.5, 0.6) is 0 Å². The first-order chi connectivity index (χ1) is 8.09. The number of ether oxygens (including phenoxy) is 2. The highest BCUT2D eigenvalue weighted by atomic mass is 16.6. The molecule has 0 aliphatic carbocycles. The summed E-state index contributed by atoms with van der Waals surface area (Å²) < 4.78 is 10.3. The maximum atomic E-state index is 11.7. The zero-order chi connectivity index (χ0) is 12.5. The number of carboxylic acid groups (broad SMARTS) is 1. The quantitative estimate of drug-likeness (QED) is 0.733. The van der Waals surface area contributed by atoms with Crippen LogP contribution >= 0.6 is 0 Å². The molecule has 0 spiro atoms. The van der Waals surface area contributed by atoms with Gasteiger partial charge in [0.15, 0.2) is 5.60 Å². The highest BCUT2D eigenvalue weighted by Gasteiger charge is 2.55. The number of hydrogen-bond donors (Lipinski definition) is 1. The van der Waals surface area contributed by atoms with Gasteiger partial charge < -0.3 is 19.5 Å². The first-order valence-electron chi connectivity index (χ1n) is 5.51. The predicted molar refractivity (Wildman–Crippen MR) is 57.6 cm³/mol. The molecule has 2 aliphatic heterocycles. The second-order valence-corrected chi connectivity index (χ2v) is 4.29. The maximum absolute atomic E-state index is 11.7. The molecular weight excluding hydrogens is 226 g/mol. The van der Waals surface area contributed by atoms with Crippen LogP contribution in [0.3, 0.4) is 0 Å². The Balaban J connectivity index is 2.09. The number of hydrogen-bond acceptors (Lipinski definition) is 4. The van der Waals surface area contributed by atoms with Gasteiger partial charge in [0.25, 0.3) is 0 Å². The van der Waals surface area contributed by atoms with Crippen LogP contribution in [-0.4, -0.2) is 53.5 Å². The monoisotopic (exact) mass is 241 g/mol. The number of likely N-dealkylation sites (tertiary alicyclic amines) is 1. The van der Waals surface area contributed by atoms with Crippen molar-refractivity contribution in [1.82, 2.24) is 4.90 Å². The Morgan fingerprint density at radius 1 is 1.65 bits per heavy atom. The molecule has 17 heavy (non-hydrogen) atoms. The largest absolute Gasteiger partial charge is 0.479 e. The Morgan fingerprint density at radius 3 is 3.00 bits per heavy atom. The fourth-order valence-electron chi connectivity index (χ4n) is 2.36. The van der Waals surface area contributed by atoms with Crippen LogP contribution < -0.4 is 0 Å². The highest BCUT2D eigenvalue weighted by molar-refractivity contribution is 5.81. The van der Waals surface area contributed by atoms with Crippen LogP contribution in [-0.2, 0) is 14.3 Å². The molecule has 2 heterocycles. The van der Waals surface area contributed by atoms with Gasteiger partial charge in [-0.15, -0.1) is 0 Å². The lowest BCUT2D eigenvalue weighted by molar-refractivity contribution is -0.166. The van der Waals surface area contributed by atoms with E-state index < -0.39 is 17.7 Å².